The first-order valence-corrected chi connectivity index (χ1v) is 11.6. The number of piperidine rings is 1. The fourth-order valence-corrected chi connectivity index (χ4v) is 4.27. The summed E-state index contributed by atoms with van der Waals surface area (Å²) in [6, 6.07) is 9.19. The Morgan fingerprint density at radius 3 is 2.58 bits per heavy atom. The summed E-state index contributed by atoms with van der Waals surface area (Å²) in [5, 5.41) is 6.01. The highest BCUT2D eigenvalue weighted by Gasteiger charge is 2.31. The van der Waals surface area contributed by atoms with Crippen LogP contribution < -0.4 is 11.2 Å². The van der Waals surface area contributed by atoms with E-state index < -0.39 is 17.6 Å². The van der Waals surface area contributed by atoms with Gasteiger partial charge < -0.3 is 11.2 Å². The number of hydrazone groups is 1. The van der Waals surface area contributed by atoms with Crippen molar-refractivity contribution in [3.8, 4) is 11.1 Å². The fraction of sp³-hybridized carbons (Fsp3) is 0.308. The Labute approximate surface area is 207 Å². The monoisotopic (exact) mass is 496 g/mol. The molecule has 1 fully saturated rings. The molecule has 1 amide bonds. The van der Waals surface area contributed by atoms with Gasteiger partial charge in [-0.2, -0.15) is 18.3 Å². The van der Waals surface area contributed by atoms with Crippen LogP contribution in [0.25, 0.3) is 11.1 Å². The third-order valence-electron chi connectivity index (χ3n) is 6.15. The number of nitrogens with two attached hydrogens (primary N) is 1. The van der Waals surface area contributed by atoms with Gasteiger partial charge in [0.05, 0.1) is 5.56 Å². The lowest BCUT2D eigenvalue weighted by Gasteiger charge is -2.26. The third kappa shape index (κ3) is 6.06. The van der Waals surface area contributed by atoms with Gasteiger partial charge in [-0.1, -0.05) is 18.6 Å². The van der Waals surface area contributed by atoms with Crippen LogP contribution in [0.1, 0.15) is 41.5 Å². The minimum atomic E-state index is -4.56. The van der Waals surface area contributed by atoms with Gasteiger partial charge in [0.15, 0.2) is 5.71 Å². The van der Waals surface area contributed by atoms with Crippen LogP contribution in [0.4, 0.5) is 19.0 Å². The Morgan fingerprint density at radius 2 is 1.86 bits per heavy atom. The maximum atomic E-state index is 13.0. The SMILES string of the molecule is Cc1ccc(-c2cncc(CN3CCCCC3)c2)cc1/C(=N\N)C(=O)Nc1cc(C(F)(F)F)ccn1. The van der Waals surface area contributed by atoms with Crippen LogP contribution in [0.5, 0.6) is 0 Å². The van der Waals surface area contributed by atoms with E-state index in [2.05, 4.69) is 31.4 Å². The first-order valence-electron chi connectivity index (χ1n) is 11.6. The van der Waals surface area contributed by atoms with Gasteiger partial charge in [0.25, 0.3) is 5.91 Å². The number of anilines is 1. The predicted molar refractivity (Wildman–Crippen MR) is 132 cm³/mol. The zero-order valence-electron chi connectivity index (χ0n) is 19.8. The number of alkyl halides is 3. The van der Waals surface area contributed by atoms with Gasteiger partial charge in [0.1, 0.15) is 5.82 Å². The Balaban J connectivity index is 1.57. The van der Waals surface area contributed by atoms with E-state index in [0.29, 0.717) is 5.56 Å². The van der Waals surface area contributed by atoms with Gasteiger partial charge in [-0.15, -0.1) is 0 Å². The standard InChI is InChI=1S/C26H27F3N6O/c1-17-5-6-19(20-11-18(14-31-15-20)16-35-9-3-2-4-10-35)12-22(17)24(34-30)25(36)33-23-13-21(7-8-32-23)26(27,28)29/h5-8,11-15H,2-4,9-10,16,30H2,1H3,(H,32,33,36)/b34-24+. The number of hydrogen-bond acceptors (Lipinski definition) is 6. The number of aryl methyl sites for hydroxylation is 1. The lowest BCUT2D eigenvalue weighted by atomic mass is 9.96. The molecule has 10 heteroatoms. The second-order valence-electron chi connectivity index (χ2n) is 8.81. The van der Waals surface area contributed by atoms with Gasteiger partial charge in [0, 0.05) is 36.3 Å². The predicted octanol–water partition coefficient (Wildman–Crippen LogP) is 4.76. The molecule has 0 spiro atoms. The number of carbonyl (C=O) groups is 1. The smallest absolute Gasteiger partial charge is 0.322 e. The number of nitrogens with zero attached hydrogens (tertiary/aromatic N) is 4. The number of likely N-dealkylation sites (tertiary alicyclic amines) is 1. The Hall–Kier alpha value is -3.79. The minimum absolute atomic E-state index is 0.119. The molecule has 36 heavy (non-hydrogen) atoms. The quantitative estimate of drug-likeness (QED) is 0.292. The van der Waals surface area contributed by atoms with Crippen molar-refractivity contribution in [2.75, 3.05) is 18.4 Å². The van der Waals surface area contributed by atoms with Crippen LogP contribution in [0, 0.1) is 6.92 Å². The Morgan fingerprint density at radius 1 is 1.08 bits per heavy atom. The second kappa shape index (κ2) is 10.9. The normalized spacial score (nSPS) is 15.1. The third-order valence-corrected chi connectivity index (χ3v) is 6.15. The molecular weight excluding hydrogens is 469 g/mol. The van der Waals surface area contributed by atoms with Crippen LogP contribution in [-0.4, -0.2) is 39.6 Å². The Bertz CT molecular complexity index is 1270. The molecular formula is C26H27F3N6O. The number of hydrogen-bond donors (Lipinski definition) is 2. The molecule has 1 aliphatic heterocycles. The summed E-state index contributed by atoms with van der Waals surface area (Å²) in [7, 11) is 0. The highest BCUT2D eigenvalue weighted by molar-refractivity contribution is 6.49. The highest BCUT2D eigenvalue weighted by atomic mass is 19.4. The van der Waals surface area contributed by atoms with Gasteiger partial charge in [0.2, 0.25) is 0 Å². The molecule has 1 saturated heterocycles. The molecule has 0 atom stereocenters. The first kappa shape index (κ1) is 25.3. The van der Waals surface area contributed by atoms with E-state index in [9.17, 15) is 18.0 Å². The molecule has 188 valence electrons. The molecule has 0 radical (unpaired) electrons. The molecule has 3 heterocycles. The Kier molecular flexibility index (Phi) is 7.64. The first-order chi connectivity index (χ1) is 17.2. The average molecular weight is 497 g/mol. The fourth-order valence-electron chi connectivity index (χ4n) is 4.27. The van der Waals surface area contributed by atoms with Crippen molar-refractivity contribution in [3.05, 3.63) is 77.2 Å². The van der Waals surface area contributed by atoms with E-state index in [1.807, 2.05) is 18.3 Å². The van der Waals surface area contributed by atoms with E-state index in [4.69, 9.17) is 5.84 Å². The molecule has 0 unspecified atom stereocenters. The zero-order chi connectivity index (χ0) is 25.7. The van der Waals surface area contributed by atoms with Crippen LogP contribution in [-0.2, 0) is 17.5 Å². The van der Waals surface area contributed by atoms with Crippen molar-refractivity contribution in [3.63, 3.8) is 0 Å². The number of aromatic nitrogens is 2. The van der Waals surface area contributed by atoms with Gasteiger partial charge in [-0.25, -0.2) is 4.98 Å². The van der Waals surface area contributed by atoms with Gasteiger partial charge in [-0.05, 0) is 73.8 Å². The van der Waals surface area contributed by atoms with Crippen molar-refractivity contribution in [2.24, 2.45) is 10.9 Å². The summed E-state index contributed by atoms with van der Waals surface area (Å²) in [6.07, 6.45) is 3.70. The van der Waals surface area contributed by atoms with Crippen LogP contribution in [0.3, 0.4) is 0 Å². The van der Waals surface area contributed by atoms with E-state index in [1.165, 1.54) is 19.3 Å². The second-order valence-corrected chi connectivity index (χ2v) is 8.81. The van der Waals surface area contributed by atoms with E-state index in [0.717, 1.165) is 60.2 Å². The average Bonchev–Trinajstić information content (AvgIpc) is 2.86. The van der Waals surface area contributed by atoms with Crippen LogP contribution in [0.15, 0.2) is 60.1 Å². The number of rotatable bonds is 6. The van der Waals surface area contributed by atoms with Crippen LogP contribution in [0.2, 0.25) is 0 Å². The largest absolute Gasteiger partial charge is 0.416 e. The topological polar surface area (TPSA) is 96.5 Å². The zero-order valence-corrected chi connectivity index (χ0v) is 19.8. The summed E-state index contributed by atoms with van der Waals surface area (Å²) >= 11 is 0. The number of carbonyl (C=O) groups excluding carboxylic acids is 1. The summed E-state index contributed by atoms with van der Waals surface area (Å²) in [6.45, 7) is 4.77. The molecule has 3 N–H and O–H groups in total. The maximum absolute atomic E-state index is 13.0. The number of halogens is 3. The van der Waals surface area contributed by atoms with Crippen LogP contribution >= 0.6 is 0 Å². The molecule has 2 aromatic heterocycles. The summed E-state index contributed by atoms with van der Waals surface area (Å²) in [5.74, 6) is 4.54. The molecule has 0 aliphatic carbocycles. The molecule has 0 saturated carbocycles. The van der Waals surface area contributed by atoms with E-state index in [1.54, 1.807) is 19.2 Å². The minimum Gasteiger partial charge on any atom is -0.322 e. The number of nitrogens with one attached hydrogen (secondary N) is 1. The van der Waals surface area contributed by atoms with Crippen molar-refractivity contribution < 1.29 is 18.0 Å². The molecule has 3 aromatic rings. The van der Waals surface area contributed by atoms with Crippen molar-refractivity contribution >= 4 is 17.4 Å². The lowest BCUT2D eigenvalue weighted by Crippen LogP contribution is -2.29. The number of benzene rings is 1. The summed E-state index contributed by atoms with van der Waals surface area (Å²) in [5.41, 5.74) is 2.93. The summed E-state index contributed by atoms with van der Waals surface area (Å²) < 4.78 is 39.1. The maximum Gasteiger partial charge on any atom is 0.416 e. The van der Waals surface area contributed by atoms with Gasteiger partial charge >= 0.3 is 6.18 Å². The highest BCUT2D eigenvalue weighted by Crippen LogP contribution is 2.30. The lowest BCUT2D eigenvalue weighted by molar-refractivity contribution is -0.137. The van der Waals surface area contributed by atoms with Crippen molar-refractivity contribution in [1.29, 1.82) is 0 Å². The molecule has 0 bridgehead atoms. The van der Waals surface area contributed by atoms with Crippen molar-refractivity contribution in [1.82, 2.24) is 14.9 Å². The van der Waals surface area contributed by atoms with Crippen molar-refractivity contribution in [2.45, 2.75) is 38.9 Å². The summed E-state index contributed by atoms with van der Waals surface area (Å²) in [4.78, 5) is 23.5. The van der Waals surface area contributed by atoms with E-state index in [-0.39, 0.29) is 11.5 Å². The molecule has 1 aromatic carbocycles. The number of amides is 1. The molecule has 4 rings (SSSR count). The van der Waals surface area contributed by atoms with Gasteiger partial charge in [-0.3, -0.25) is 14.7 Å². The molecule has 7 nitrogen and oxygen atoms in total. The molecule has 1 aliphatic rings. The number of pyridine rings is 2. The van der Waals surface area contributed by atoms with E-state index >= 15 is 0 Å².